The Morgan fingerprint density at radius 3 is 1.72 bits per heavy atom. The minimum atomic E-state index is 0.875. The maximum Gasteiger partial charge on any atom is 0.137 e. The van der Waals surface area contributed by atoms with Crippen LogP contribution in [0, 0.1) is 0 Å². The number of anilines is 3. The van der Waals surface area contributed by atoms with Crippen LogP contribution in [-0.2, 0) is 0 Å². The van der Waals surface area contributed by atoms with Gasteiger partial charge in [-0.25, -0.2) is 0 Å². The molecule has 1 aromatic heterocycles. The van der Waals surface area contributed by atoms with Gasteiger partial charge in [0.1, 0.15) is 11.2 Å². The smallest absolute Gasteiger partial charge is 0.137 e. The number of fused-ring (bicyclic) bond motifs is 5. The lowest BCUT2D eigenvalue weighted by atomic mass is 9.92. The third-order valence-electron chi connectivity index (χ3n) is 9.00. The van der Waals surface area contributed by atoms with Crippen molar-refractivity contribution in [1.82, 2.24) is 0 Å². The summed E-state index contributed by atoms with van der Waals surface area (Å²) in [5.74, 6) is 0. The van der Waals surface area contributed by atoms with Crippen LogP contribution in [0.25, 0.3) is 65.7 Å². The van der Waals surface area contributed by atoms with Gasteiger partial charge in [0.05, 0.1) is 0 Å². The zero-order chi connectivity index (χ0) is 30.5. The van der Waals surface area contributed by atoms with E-state index in [0.29, 0.717) is 0 Å². The highest BCUT2D eigenvalue weighted by Gasteiger charge is 2.18. The molecule has 0 aliphatic rings. The Labute approximate surface area is 267 Å². The first kappa shape index (κ1) is 26.3. The van der Waals surface area contributed by atoms with Crippen LogP contribution >= 0.6 is 0 Å². The van der Waals surface area contributed by atoms with Crippen molar-refractivity contribution in [2.75, 3.05) is 4.90 Å². The molecule has 0 fully saturated rings. The molecule has 216 valence electrons. The first-order valence-electron chi connectivity index (χ1n) is 15.7. The van der Waals surface area contributed by atoms with Crippen molar-refractivity contribution in [2.45, 2.75) is 0 Å². The lowest BCUT2D eigenvalue weighted by molar-refractivity contribution is 0.669. The van der Waals surface area contributed by atoms with Gasteiger partial charge in [-0.2, -0.15) is 0 Å². The molecule has 0 saturated carbocycles. The lowest BCUT2D eigenvalue weighted by Gasteiger charge is -2.26. The van der Waals surface area contributed by atoms with E-state index in [1.54, 1.807) is 0 Å². The number of benzene rings is 8. The minimum absolute atomic E-state index is 0.875. The molecule has 2 nitrogen and oxygen atoms in total. The summed E-state index contributed by atoms with van der Waals surface area (Å²) < 4.78 is 6.50. The second-order valence-electron chi connectivity index (χ2n) is 11.8. The largest absolute Gasteiger partial charge is 0.456 e. The quantitative estimate of drug-likeness (QED) is 0.199. The second-order valence-corrected chi connectivity index (χ2v) is 11.8. The first-order chi connectivity index (χ1) is 22.8. The Morgan fingerprint density at radius 1 is 0.326 bits per heavy atom. The number of hydrogen-bond donors (Lipinski definition) is 0. The molecule has 9 rings (SSSR count). The first-order valence-corrected chi connectivity index (χ1v) is 15.7. The van der Waals surface area contributed by atoms with Crippen molar-refractivity contribution in [1.29, 1.82) is 0 Å². The summed E-state index contributed by atoms with van der Waals surface area (Å²) in [7, 11) is 0. The monoisotopic (exact) mass is 587 g/mol. The van der Waals surface area contributed by atoms with Crippen LogP contribution in [0.4, 0.5) is 17.1 Å². The highest BCUT2D eigenvalue weighted by molar-refractivity contribution is 6.11. The Balaban J connectivity index is 1.23. The van der Waals surface area contributed by atoms with E-state index in [0.717, 1.165) is 39.0 Å². The van der Waals surface area contributed by atoms with Crippen LogP contribution < -0.4 is 4.90 Å². The van der Waals surface area contributed by atoms with E-state index >= 15 is 0 Å². The van der Waals surface area contributed by atoms with Gasteiger partial charge in [-0.15, -0.1) is 0 Å². The van der Waals surface area contributed by atoms with Gasteiger partial charge < -0.3 is 9.32 Å². The molecule has 9 aromatic rings. The molecule has 0 unspecified atom stereocenters. The van der Waals surface area contributed by atoms with Crippen molar-refractivity contribution < 1.29 is 4.42 Å². The number of nitrogens with zero attached hydrogens (tertiary/aromatic N) is 1. The normalized spacial score (nSPS) is 11.5. The summed E-state index contributed by atoms with van der Waals surface area (Å²) in [5.41, 5.74) is 9.76. The van der Waals surface area contributed by atoms with E-state index in [4.69, 9.17) is 4.42 Å². The Kier molecular flexibility index (Phi) is 6.17. The zero-order valence-corrected chi connectivity index (χ0v) is 25.1. The van der Waals surface area contributed by atoms with Crippen LogP contribution in [0.15, 0.2) is 180 Å². The predicted octanol–water partition coefficient (Wildman–Crippen LogP) is 12.7. The second kappa shape index (κ2) is 10.8. The maximum absolute atomic E-state index is 6.50. The molecular formula is C44H29NO. The van der Waals surface area contributed by atoms with Gasteiger partial charge in [-0.3, -0.25) is 0 Å². The van der Waals surface area contributed by atoms with E-state index in [-0.39, 0.29) is 0 Å². The molecule has 2 heteroatoms. The Bertz CT molecular complexity index is 2530. The fraction of sp³-hybridized carbons (Fsp3) is 0. The molecule has 0 radical (unpaired) electrons. The fourth-order valence-electron chi connectivity index (χ4n) is 6.75. The summed E-state index contributed by atoms with van der Waals surface area (Å²) in [6.45, 7) is 0. The van der Waals surface area contributed by atoms with E-state index in [2.05, 4.69) is 181 Å². The van der Waals surface area contributed by atoms with Crippen LogP contribution in [-0.4, -0.2) is 0 Å². The lowest BCUT2D eigenvalue weighted by Crippen LogP contribution is -2.10. The van der Waals surface area contributed by atoms with E-state index in [1.165, 1.54) is 43.8 Å². The molecule has 0 aliphatic heterocycles. The third kappa shape index (κ3) is 4.51. The van der Waals surface area contributed by atoms with Crippen molar-refractivity contribution >= 4 is 60.5 Å². The number of rotatable bonds is 5. The van der Waals surface area contributed by atoms with Gasteiger partial charge in [0, 0.05) is 33.9 Å². The molecule has 0 atom stereocenters. The van der Waals surface area contributed by atoms with Gasteiger partial charge in [-0.1, -0.05) is 115 Å². The molecule has 1 heterocycles. The van der Waals surface area contributed by atoms with Gasteiger partial charge in [0.15, 0.2) is 0 Å². The predicted molar refractivity (Wildman–Crippen MR) is 194 cm³/mol. The van der Waals surface area contributed by atoms with Gasteiger partial charge in [0.2, 0.25) is 0 Å². The molecule has 0 bridgehead atoms. The molecule has 0 saturated heterocycles. The Morgan fingerprint density at radius 2 is 0.935 bits per heavy atom. The summed E-state index contributed by atoms with van der Waals surface area (Å²) in [6, 6.07) is 62.8. The standard InChI is InChI=1S/C44H29NO/c1-3-12-31(13-4-1)41-28-37(21-23-39(41)35-20-19-30-11-7-8-14-32(30)25-35)45(36-17-5-2-6-18-36)38-22-24-40-42-26-33-15-9-10-16-34(33)27-43(42)46-44(40)29-38/h1-29H. The number of furan rings is 1. The van der Waals surface area contributed by atoms with Crippen molar-refractivity contribution in [2.24, 2.45) is 0 Å². The third-order valence-corrected chi connectivity index (χ3v) is 9.00. The summed E-state index contributed by atoms with van der Waals surface area (Å²) >= 11 is 0. The molecule has 46 heavy (non-hydrogen) atoms. The van der Waals surface area contributed by atoms with Gasteiger partial charge in [0.25, 0.3) is 0 Å². The fourth-order valence-corrected chi connectivity index (χ4v) is 6.75. The molecule has 0 N–H and O–H groups in total. The zero-order valence-electron chi connectivity index (χ0n) is 25.1. The van der Waals surface area contributed by atoms with Crippen LogP contribution in [0.2, 0.25) is 0 Å². The van der Waals surface area contributed by atoms with Gasteiger partial charge >= 0.3 is 0 Å². The molecule has 0 spiro atoms. The average molecular weight is 588 g/mol. The van der Waals surface area contributed by atoms with E-state index in [9.17, 15) is 0 Å². The SMILES string of the molecule is c1ccc(-c2cc(N(c3ccccc3)c3ccc4c(c3)oc3cc5ccccc5cc34)ccc2-c2ccc3ccccc3c2)cc1. The molecule has 8 aromatic carbocycles. The van der Waals surface area contributed by atoms with Crippen molar-refractivity contribution in [3.63, 3.8) is 0 Å². The highest BCUT2D eigenvalue weighted by atomic mass is 16.3. The van der Waals surface area contributed by atoms with Crippen LogP contribution in [0.1, 0.15) is 0 Å². The van der Waals surface area contributed by atoms with E-state index < -0.39 is 0 Å². The summed E-state index contributed by atoms with van der Waals surface area (Å²) in [4.78, 5) is 2.32. The number of para-hydroxylation sites is 1. The van der Waals surface area contributed by atoms with Crippen LogP contribution in [0.5, 0.6) is 0 Å². The summed E-state index contributed by atoms with van der Waals surface area (Å²) in [5, 5.41) is 7.13. The van der Waals surface area contributed by atoms with Gasteiger partial charge in [-0.05, 0) is 98.4 Å². The average Bonchev–Trinajstić information content (AvgIpc) is 3.48. The Hall–Kier alpha value is -6.12. The molecule has 0 aliphatic carbocycles. The maximum atomic E-state index is 6.50. The van der Waals surface area contributed by atoms with E-state index in [1.807, 2.05) is 0 Å². The molecule has 0 amide bonds. The van der Waals surface area contributed by atoms with Crippen molar-refractivity contribution in [3.8, 4) is 22.3 Å². The van der Waals surface area contributed by atoms with Crippen LogP contribution in [0.3, 0.4) is 0 Å². The molecular weight excluding hydrogens is 558 g/mol. The van der Waals surface area contributed by atoms with Crippen molar-refractivity contribution in [3.05, 3.63) is 176 Å². The topological polar surface area (TPSA) is 16.4 Å². The highest BCUT2D eigenvalue weighted by Crippen LogP contribution is 2.43. The summed E-state index contributed by atoms with van der Waals surface area (Å²) in [6.07, 6.45) is 0. The number of hydrogen-bond acceptors (Lipinski definition) is 2. The minimum Gasteiger partial charge on any atom is -0.456 e.